The molecule has 12 heteroatoms. The van der Waals surface area contributed by atoms with Gasteiger partial charge in [0.05, 0.1) is 40.0 Å². The number of nitrogens with zero attached hydrogens (tertiary/aromatic N) is 6. The zero-order valence-electron chi connectivity index (χ0n) is 19.8. The average Bonchev–Trinajstić information content (AvgIpc) is 3.34. The molecule has 192 valence electrons. The summed E-state index contributed by atoms with van der Waals surface area (Å²) in [5, 5.41) is 23.2. The molecule has 10 nitrogen and oxygen atoms in total. The Morgan fingerprint density at radius 1 is 0.784 bits per heavy atom. The van der Waals surface area contributed by atoms with E-state index < -0.39 is 9.85 Å². The minimum absolute atomic E-state index is 0.0670. The lowest BCUT2D eigenvalue weighted by atomic mass is 10.0. The first kappa shape index (κ1) is 25.2. The van der Waals surface area contributed by atoms with Crippen LogP contribution in [0.25, 0.3) is 0 Å². The van der Waals surface area contributed by atoms with Crippen LogP contribution in [-0.2, 0) is 0 Å². The number of rotatable bonds is 6. The molecule has 2 aliphatic heterocycles. The summed E-state index contributed by atoms with van der Waals surface area (Å²) in [5.41, 5.74) is 1.84. The number of hydrogen-bond acceptors (Lipinski definition) is 8. The Kier molecular flexibility index (Phi) is 7.12. The van der Waals surface area contributed by atoms with Crippen LogP contribution in [0.5, 0.6) is 0 Å². The molecule has 2 aliphatic rings. The van der Waals surface area contributed by atoms with Gasteiger partial charge < -0.3 is 9.80 Å². The molecule has 1 aromatic heterocycles. The van der Waals surface area contributed by atoms with E-state index >= 15 is 0 Å². The topological polar surface area (TPSA) is 119 Å². The number of anilines is 2. The maximum Gasteiger partial charge on any atom is 0.288 e. The SMILES string of the molecule is O=[N+]([O-])c1cc(C2CCC(c3ccc(Cl)c([N+](=O)[O-])c3)N2c2cnc(N3CCCCC3)nc2)ccc1Cl. The van der Waals surface area contributed by atoms with Crippen molar-refractivity contribution in [2.75, 3.05) is 22.9 Å². The Labute approximate surface area is 223 Å². The zero-order valence-corrected chi connectivity index (χ0v) is 21.3. The monoisotopic (exact) mass is 542 g/mol. The average molecular weight is 543 g/mol. The molecule has 0 spiro atoms. The van der Waals surface area contributed by atoms with Gasteiger partial charge in [-0.25, -0.2) is 9.97 Å². The molecular weight excluding hydrogens is 519 g/mol. The molecule has 0 amide bonds. The molecular formula is C25H24Cl2N6O4. The summed E-state index contributed by atoms with van der Waals surface area (Å²) >= 11 is 12.1. The summed E-state index contributed by atoms with van der Waals surface area (Å²) in [6.07, 6.45) is 8.25. The highest BCUT2D eigenvalue weighted by Crippen LogP contribution is 2.48. The number of benzene rings is 2. The van der Waals surface area contributed by atoms with Gasteiger partial charge in [0.2, 0.25) is 5.95 Å². The highest BCUT2D eigenvalue weighted by molar-refractivity contribution is 6.33. The maximum absolute atomic E-state index is 11.6. The normalized spacial score (nSPS) is 19.7. The Morgan fingerprint density at radius 2 is 1.27 bits per heavy atom. The maximum atomic E-state index is 11.6. The summed E-state index contributed by atoms with van der Waals surface area (Å²) < 4.78 is 0. The van der Waals surface area contributed by atoms with Gasteiger partial charge in [0.25, 0.3) is 11.4 Å². The number of hydrogen-bond donors (Lipinski definition) is 0. The predicted molar refractivity (Wildman–Crippen MR) is 142 cm³/mol. The van der Waals surface area contributed by atoms with E-state index in [-0.39, 0.29) is 33.5 Å². The minimum atomic E-state index is -0.498. The molecule has 0 aliphatic carbocycles. The van der Waals surface area contributed by atoms with E-state index in [0.29, 0.717) is 18.8 Å². The highest BCUT2D eigenvalue weighted by atomic mass is 35.5. The first-order valence-corrected chi connectivity index (χ1v) is 12.8. The summed E-state index contributed by atoms with van der Waals surface area (Å²) in [6, 6.07) is 9.12. The van der Waals surface area contributed by atoms with Crippen molar-refractivity contribution in [3.8, 4) is 0 Å². The molecule has 3 aromatic rings. The van der Waals surface area contributed by atoms with Crippen molar-refractivity contribution in [3.63, 3.8) is 0 Å². The summed E-state index contributed by atoms with van der Waals surface area (Å²) in [4.78, 5) is 35.6. The smallest absolute Gasteiger partial charge is 0.288 e. The van der Waals surface area contributed by atoms with Gasteiger partial charge >= 0.3 is 0 Å². The molecule has 2 fully saturated rings. The molecule has 37 heavy (non-hydrogen) atoms. The number of aromatic nitrogens is 2. The number of nitro benzene ring substituents is 2. The van der Waals surface area contributed by atoms with Crippen molar-refractivity contribution in [1.29, 1.82) is 0 Å². The third kappa shape index (κ3) is 5.03. The fourth-order valence-electron chi connectivity index (χ4n) is 5.28. The first-order chi connectivity index (χ1) is 17.8. The molecule has 0 bridgehead atoms. The van der Waals surface area contributed by atoms with Gasteiger partial charge in [0, 0.05) is 25.2 Å². The molecule has 2 aromatic carbocycles. The van der Waals surface area contributed by atoms with E-state index in [2.05, 4.69) is 19.8 Å². The van der Waals surface area contributed by atoms with Crippen LogP contribution in [-0.4, -0.2) is 32.9 Å². The highest BCUT2D eigenvalue weighted by Gasteiger charge is 2.37. The third-order valence-electron chi connectivity index (χ3n) is 7.05. The lowest BCUT2D eigenvalue weighted by Gasteiger charge is -2.33. The van der Waals surface area contributed by atoms with Crippen molar-refractivity contribution in [2.45, 2.75) is 44.2 Å². The second-order valence-corrected chi connectivity index (χ2v) is 10.1. The molecule has 0 saturated carbocycles. The van der Waals surface area contributed by atoms with Crippen molar-refractivity contribution in [1.82, 2.24) is 9.97 Å². The van der Waals surface area contributed by atoms with E-state index in [1.807, 2.05) is 0 Å². The first-order valence-electron chi connectivity index (χ1n) is 12.1. The molecule has 0 radical (unpaired) electrons. The van der Waals surface area contributed by atoms with Crippen LogP contribution < -0.4 is 9.80 Å². The van der Waals surface area contributed by atoms with E-state index in [9.17, 15) is 20.2 Å². The van der Waals surface area contributed by atoms with Gasteiger partial charge in [-0.3, -0.25) is 20.2 Å². The zero-order chi connectivity index (χ0) is 26.1. The minimum Gasteiger partial charge on any atom is -0.355 e. The van der Waals surface area contributed by atoms with E-state index in [1.54, 1.807) is 24.5 Å². The van der Waals surface area contributed by atoms with Gasteiger partial charge in [-0.2, -0.15) is 0 Å². The third-order valence-corrected chi connectivity index (χ3v) is 7.69. The van der Waals surface area contributed by atoms with Gasteiger partial charge in [0.1, 0.15) is 10.0 Å². The molecule has 5 rings (SSSR count). The van der Waals surface area contributed by atoms with Crippen LogP contribution >= 0.6 is 23.2 Å². The number of nitro groups is 2. The molecule has 3 heterocycles. The standard InChI is InChI=1S/C25H24Cl2N6O4/c26-19-6-4-16(12-23(19)32(34)35)21-8-9-22(17-5-7-20(27)24(13-17)33(36)37)31(21)18-14-28-25(29-15-18)30-10-2-1-3-11-30/h4-7,12-15,21-22H,1-3,8-11H2. The fraction of sp³-hybridized carbons (Fsp3) is 0.360. The molecule has 2 atom stereocenters. The number of piperidine rings is 1. The molecule has 0 N–H and O–H groups in total. The van der Waals surface area contributed by atoms with E-state index in [1.165, 1.54) is 30.7 Å². The van der Waals surface area contributed by atoms with E-state index in [0.717, 1.165) is 42.7 Å². The Hall–Kier alpha value is -3.50. The van der Waals surface area contributed by atoms with Crippen LogP contribution in [0.2, 0.25) is 10.0 Å². The summed E-state index contributed by atoms with van der Waals surface area (Å²) in [5.74, 6) is 0.667. The predicted octanol–water partition coefficient (Wildman–Crippen LogP) is 6.67. The van der Waals surface area contributed by atoms with Crippen molar-refractivity contribution in [2.24, 2.45) is 0 Å². The fourth-order valence-corrected chi connectivity index (χ4v) is 5.66. The van der Waals surface area contributed by atoms with Gasteiger partial charge in [0.15, 0.2) is 0 Å². The van der Waals surface area contributed by atoms with Gasteiger partial charge in [-0.15, -0.1) is 0 Å². The van der Waals surface area contributed by atoms with Crippen LogP contribution in [0.4, 0.5) is 23.0 Å². The Bertz CT molecular complexity index is 1260. The second kappa shape index (κ2) is 10.5. The second-order valence-electron chi connectivity index (χ2n) is 9.24. The lowest BCUT2D eigenvalue weighted by Crippen LogP contribution is -2.31. The van der Waals surface area contributed by atoms with Crippen LogP contribution in [0.15, 0.2) is 48.8 Å². The Balaban J connectivity index is 1.56. The van der Waals surface area contributed by atoms with Crippen LogP contribution in [0.3, 0.4) is 0 Å². The summed E-state index contributed by atoms with van der Waals surface area (Å²) in [6.45, 7) is 1.83. The Morgan fingerprint density at radius 3 is 1.73 bits per heavy atom. The lowest BCUT2D eigenvalue weighted by molar-refractivity contribution is -0.384. The van der Waals surface area contributed by atoms with Crippen molar-refractivity contribution >= 4 is 46.2 Å². The summed E-state index contributed by atoms with van der Waals surface area (Å²) in [7, 11) is 0. The van der Waals surface area contributed by atoms with Crippen molar-refractivity contribution in [3.05, 3.63) is 90.2 Å². The molecule has 2 unspecified atom stereocenters. The van der Waals surface area contributed by atoms with Gasteiger partial charge in [-0.05, 0) is 55.4 Å². The van der Waals surface area contributed by atoms with Crippen LogP contribution in [0.1, 0.15) is 55.3 Å². The van der Waals surface area contributed by atoms with Crippen molar-refractivity contribution < 1.29 is 9.85 Å². The van der Waals surface area contributed by atoms with Crippen LogP contribution in [0, 0.1) is 20.2 Å². The van der Waals surface area contributed by atoms with E-state index in [4.69, 9.17) is 23.2 Å². The quantitative estimate of drug-likeness (QED) is 0.250. The molecule has 2 saturated heterocycles. The number of halogens is 2. The largest absolute Gasteiger partial charge is 0.355 e. The van der Waals surface area contributed by atoms with Gasteiger partial charge in [-0.1, -0.05) is 35.3 Å².